The smallest absolute Gasteiger partial charge is 0.534 e. The molecule has 10 N–H and O–H groups in total. The second-order valence-electron chi connectivity index (χ2n) is 7.61. The number of carbonyl (C=O) groups excluding carboxylic acids is 2. The Morgan fingerprint density at radius 3 is 2.39 bits per heavy atom. The van der Waals surface area contributed by atoms with Crippen LogP contribution in [0, 0.1) is 0 Å². The van der Waals surface area contributed by atoms with Gasteiger partial charge in [-0.1, -0.05) is 18.2 Å². The largest absolute Gasteiger partial charge is 0.547 e. The number of Topliss-reactive ketones (excluding diaryl/α,β-unsaturated/α-hetero) is 1. The maximum atomic E-state index is 12.9. The van der Waals surface area contributed by atoms with E-state index in [1.54, 1.807) is 36.4 Å². The van der Waals surface area contributed by atoms with E-state index in [1.807, 2.05) is 0 Å². The average Bonchev–Trinajstić information content (AvgIpc) is 2.76. The summed E-state index contributed by atoms with van der Waals surface area (Å²) < 4.78 is 5.57. The molecule has 0 unspecified atom stereocenters. The predicted octanol–water partition coefficient (Wildman–Crippen LogP) is -0.811. The number of nitrogens with two attached hydrogens (primary N) is 4. The van der Waals surface area contributed by atoms with Crippen LogP contribution in [-0.4, -0.2) is 41.7 Å². The summed E-state index contributed by atoms with van der Waals surface area (Å²) in [6, 6.07) is 10.1. The fourth-order valence-corrected chi connectivity index (χ4v) is 3.50. The minimum atomic E-state index is -1.32. The molecule has 1 aliphatic heterocycles. The van der Waals surface area contributed by atoms with Gasteiger partial charge in [-0.3, -0.25) is 9.59 Å². The van der Waals surface area contributed by atoms with Gasteiger partial charge in [0.1, 0.15) is 5.75 Å². The third-order valence-corrected chi connectivity index (χ3v) is 5.15. The van der Waals surface area contributed by atoms with Crippen molar-refractivity contribution in [2.24, 2.45) is 32.9 Å². The molecule has 2 aromatic carbocycles. The van der Waals surface area contributed by atoms with Gasteiger partial charge >= 0.3 is 7.12 Å². The summed E-state index contributed by atoms with van der Waals surface area (Å²) in [5.74, 6) is -1.13. The number of aliphatic imine (C=N–C) groups is 2. The molecule has 0 bridgehead atoms. The van der Waals surface area contributed by atoms with Gasteiger partial charge in [-0.05, 0) is 48.2 Å². The lowest BCUT2D eigenvalue weighted by Gasteiger charge is -2.29. The normalized spacial score (nSPS) is 14.5. The summed E-state index contributed by atoms with van der Waals surface area (Å²) in [4.78, 5) is 32.7. The van der Waals surface area contributed by atoms with Crippen LogP contribution in [-0.2, 0) is 19.5 Å². The second kappa shape index (κ2) is 10.0. The molecule has 11 nitrogen and oxygen atoms in total. The van der Waals surface area contributed by atoms with Crippen molar-refractivity contribution < 1.29 is 19.3 Å². The van der Waals surface area contributed by atoms with E-state index >= 15 is 0 Å². The molecule has 33 heavy (non-hydrogen) atoms. The predicted molar refractivity (Wildman–Crippen MR) is 125 cm³/mol. The van der Waals surface area contributed by atoms with Crippen LogP contribution in [0.1, 0.15) is 44.3 Å². The molecule has 0 aliphatic carbocycles. The molecule has 3 rings (SSSR count). The van der Waals surface area contributed by atoms with Crippen LogP contribution in [0.3, 0.4) is 0 Å². The maximum absolute atomic E-state index is 12.9. The van der Waals surface area contributed by atoms with E-state index in [0.29, 0.717) is 28.9 Å². The lowest BCUT2D eigenvalue weighted by molar-refractivity contribution is 0.0938. The fourth-order valence-electron chi connectivity index (χ4n) is 3.50. The Labute approximate surface area is 191 Å². The Morgan fingerprint density at radius 1 is 1.09 bits per heavy atom. The van der Waals surface area contributed by atoms with Crippen molar-refractivity contribution in [2.45, 2.75) is 32.4 Å². The molecule has 1 amide bonds. The van der Waals surface area contributed by atoms with E-state index in [2.05, 4.69) is 15.3 Å². The van der Waals surface area contributed by atoms with E-state index < -0.39 is 19.0 Å². The summed E-state index contributed by atoms with van der Waals surface area (Å²) in [5.41, 5.74) is 24.5. The van der Waals surface area contributed by atoms with E-state index in [4.69, 9.17) is 27.6 Å². The SMILES string of the molecule is CC(=O)c1cccc2c1OB(O)[C@@H](NC(=O)c1ccc(CN=C(N)N)c(CN=C(N)N)c1)C2. The number of amides is 1. The van der Waals surface area contributed by atoms with Crippen molar-refractivity contribution in [3.63, 3.8) is 0 Å². The van der Waals surface area contributed by atoms with Crippen LogP contribution < -0.4 is 32.9 Å². The molecular weight excluding hydrogens is 425 g/mol. The van der Waals surface area contributed by atoms with Crippen LogP contribution in [0.4, 0.5) is 0 Å². The van der Waals surface area contributed by atoms with Gasteiger partial charge in [-0.15, -0.1) is 0 Å². The number of nitrogens with zero attached hydrogens (tertiary/aromatic N) is 2. The van der Waals surface area contributed by atoms with Crippen LogP contribution in [0.2, 0.25) is 0 Å². The number of fused-ring (bicyclic) bond motifs is 1. The Hall–Kier alpha value is -4.06. The van der Waals surface area contributed by atoms with Crippen molar-refractivity contribution in [1.82, 2.24) is 5.32 Å². The van der Waals surface area contributed by atoms with E-state index in [-0.39, 0.29) is 30.8 Å². The average molecular weight is 451 g/mol. The summed E-state index contributed by atoms with van der Waals surface area (Å²) in [7, 11) is -1.32. The Bertz CT molecular complexity index is 1130. The number of hydrogen-bond donors (Lipinski definition) is 6. The lowest BCUT2D eigenvalue weighted by Crippen LogP contribution is -2.53. The molecule has 0 aromatic heterocycles. The number of nitrogens with one attached hydrogen (secondary N) is 1. The van der Waals surface area contributed by atoms with Crippen molar-refractivity contribution in [2.75, 3.05) is 0 Å². The maximum Gasteiger partial charge on any atom is 0.547 e. The number of para-hydroxylation sites is 1. The first kappa shape index (κ1) is 23.6. The zero-order chi connectivity index (χ0) is 24.1. The van der Waals surface area contributed by atoms with Crippen LogP contribution in [0.25, 0.3) is 0 Å². The number of hydrogen-bond acceptors (Lipinski definition) is 6. The minimum Gasteiger partial charge on any atom is -0.534 e. The number of carbonyl (C=O) groups is 2. The quantitative estimate of drug-likeness (QED) is 0.136. The highest BCUT2D eigenvalue weighted by atomic mass is 16.5. The molecule has 0 fully saturated rings. The summed E-state index contributed by atoms with van der Waals surface area (Å²) in [5, 5.41) is 13.2. The van der Waals surface area contributed by atoms with Gasteiger partial charge in [0.05, 0.1) is 24.6 Å². The first-order valence-corrected chi connectivity index (χ1v) is 10.2. The fraction of sp³-hybridized carbons (Fsp3) is 0.238. The zero-order valence-corrected chi connectivity index (χ0v) is 18.1. The zero-order valence-electron chi connectivity index (χ0n) is 18.1. The molecule has 0 saturated heterocycles. The summed E-state index contributed by atoms with van der Waals surface area (Å²) in [6.07, 6.45) is 0.298. The molecule has 12 heteroatoms. The standard InChI is InChI=1S/C21H26BN7O4/c1-11(30)16-4-2-3-12-8-17(22(32)33-18(12)16)29-19(31)13-5-6-14(9-27-20(23)24)15(7-13)10-28-21(25)26/h2-7,17,32H,8-10H2,1H3,(H,29,31)(H4,23,24,27)(H4,25,26,28)/t17-/m0/s1. The topological polar surface area (TPSA) is 204 Å². The molecule has 1 aliphatic rings. The first-order valence-electron chi connectivity index (χ1n) is 10.2. The minimum absolute atomic E-state index is 0.0656. The Morgan fingerprint density at radius 2 is 1.76 bits per heavy atom. The van der Waals surface area contributed by atoms with Crippen LogP contribution in [0.15, 0.2) is 46.4 Å². The van der Waals surface area contributed by atoms with Crippen molar-refractivity contribution in [3.05, 3.63) is 64.2 Å². The number of guanidine groups is 2. The molecule has 0 radical (unpaired) electrons. The van der Waals surface area contributed by atoms with Crippen molar-refractivity contribution in [3.8, 4) is 5.75 Å². The molecule has 2 aromatic rings. The van der Waals surface area contributed by atoms with Crippen LogP contribution >= 0.6 is 0 Å². The van der Waals surface area contributed by atoms with Gasteiger partial charge in [0.2, 0.25) is 0 Å². The number of benzene rings is 2. The van der Waals surface area contributed by atoms with E-state index in [9.17, 15) is 14.6 Å². The Kier molecular flexibility index (Phi) is 7.18. The highest BCUT2D eigenvalue weighted by molar-refractivity contribution is 6.47. The van der Waals surface area contributed by atoms with Gasteiger partial charge in [-0.25, -0.2) is 9.98 Å². The van der Waals surface area contributed by atoms with Gasteiger partial charge in [0, 0.05) is 5.56 Å². The van der Waals surface area contributed by atoms with E-state index in [1.165, 1.54) is 6.92 Å². The highest BCUT2D eigenvalue weighted by Gasteiger charge is 2.37. The van der Waals surface area contributed by atoms with Gasteiger partial charge in [0.25, 0.3) is 5.91 Å². The summed E-state index contributed by atoms with van der Waals surface area (Å²) in [6.45, 7) is 1.76. The number of ketones is 1. The second-order valence-corrected chi connectivity index (χ2v) is 7.61. The Balaban J connectivity index is 1.81. The van der Waals surface area contributed by atoms with Gasteiger partial charge < -0.3 is 37.9 Å². The van der Waals surface area contributed by atoms with Gasteiger partial charge in [-0.2, -0.15) is 0 Å². The molecular formula is C21H26BN7O4. The third kappa shape index (κ3) is 5.80. The number of rotatable bonds is 7. The lowest BCUT2D eigenvalue weighted by atomic mass is 9.72. The van der Waals surface area contributed by atoms with Crippen LogP contribution in [0.5, 0.6) is 5.75 Å². The summed E-state index contributed by atoms with van der Waals surface area (Å²) >= 11 is 0. The first-order chi connectivity index (χ1) is 15.7. The van der Waals surface area contributed by atoms with Gasteiger partial charge in [0.15, 0.2) is 17.7 Å². The van der Waals surface area contributed by atoms with E-state index in [0.717, 1.165) is 11.1 Å². The van der Waals surface area contributed by atoms with Crippen molar-refractivity contribution in [1.29, 1.82) is 0 Å². The molecule has 1 atom stereocenters. The van der Waals surface area contributed by atoms with Crippen molar-refractivity contribution >= 4 is 30.7 Å². The molecule has 0 saturated carbocycles. The highest BCUT2D eigenvalue weighted by Crippen LogP contribution is 2.30. The molecule has 0 spiro atoms. The molecule has 1 heterocycles. The molecule has 172 valence electrons. The third-order valence-electron chi connectivity index (χ3n) is 5.15. The monoisotopic (exact) mass is 451 g/mol.